The maximum Gasteiger partial charge on any atom is 0.407 e. The predicted octanol–water partition coefficient (Wildman–Crippen LogP) is 2.86. The van der Waals surface area contributed by atoms with E-state index in [4.69, 9.17) is 9.47 Å². The van der Waals surface area contributed by atoms with Crippen molar-refractivity contribution in [3.05, 3.63) is 58.9 Å². The van der Waals surface area contributed by atoms with Gasteiger partial charge in [-0.15, -0.1) is 0 Å². The van der Waals surface area contributed by atoms with Gasteiger partial charge in [0.05, 0.1) is 0 Å². The summed E-state index contributed by atoms with van der Waals surface area (Å²) in [6.07, 6.45) is -0.0374. The third-order valence-electron chi connectivity index (χ3n) is 6.08. The number of nitrogens with one attached hydrogen (secondary N) is 2. The second-order valence-corrected chi connectivity index (χ2v) is 12.1. The molecule has 0 bridgehead atoms. The third kappa shape index (κ3) is 6.54. The third-order valence-corrected chi connectivity index (χ3v) is 7.46. The highest BCUT2D eigenvalue weighted by molar-refractivity contribution is 7.92. The number of amides is 2. The Hall–Kier alpha value is -3.38. The normalized spacial score (nSPS) is 17.9. The zero-order chi connectivity index (χ0) is 27.7. The van der Waals surface area contributed by atoms with Crippen molar-refractivity contribution in [2.45, 2.75) is 58.9 Å². The molecule has 0 aliphatic carbocycles. The number of halogens is 1. The van der Waals surface area contributed by atoms with E-state index in [0.717, 1.165) is 9.87 Å². The SMILES string of the molecule is C[C@H](CN1CCc2cc(OCc3ccccc3)c(N3CC(=O)NS3(=O)=O)c(F)c2C1)NC(=O)OC(C)(C)C. The summed E-state index contributed by atoms with van der Waals surface area (Å²) in [6.45, 7) is 7.95. The number of carbonyl (C=O) groups is 2. The van der Waals surface area contributed by atoms with Crippen molar-refractivity contribution in [2.75, 3.05) is 23.9 Å². The zero-order valence-electron chi connectivity index (χ0n) is 21.9. The standard InChI is InChI=1S/C26H33FN4O6S/c1-17(28-25(33)37-26(2,3)4)13-30-11-10-19-12-21(36-16-18-8-6-5-7-9-18)24(23(27)20(19)14-30)31-15-22(32)29-38(31,34)35/h5-9,12,17H,10-11,13-16H2,1-4H3,(H,28,33)(H,29,32)/t17-/m1/s1. The van der Waals surface area contributed by atoms with Crippen molar-refractivity contribution >= 4 is 27.9 Å². The lowest BCUT2D eigenvalue weighted by Gasteiger charge is -2.33. The summed E-state index contributed by atoms with van der Waals surface area (Å²) < 4.78 is 55.3. The van der Waals surface area contributed by atoms with Crippen LogP contribution in [0.5, 0.6) is 5.75 Å². The molecule has 1 fully saturated rings. The predicted molar refractivity (Wildman–Crippen MR) is 139 cm³/mol. The summed E-state index contributed by atoms with van der Waals surface area (Å²) in [5.41, 5.74) is 0.943. The van der Waals surface area contributed by atoms with Gasteiger partial charge in [0.1, 0.15) is 30.2 Å². The Labute approximate surface area is 222 Å². The Morgan fingerprint density at radius 3 is 2.55 bits per heavy atom. The van der Waals surface area contributed by atoms with Crippen LogP contribution in [0.3, 0.4) is 0 Å². The van der Waals surface area contributed by atoms with Crippen LogP contribution in [0, 0.1) is 5.82 Å². The van der Waals surface area contributed by atoms with Crippen LogP contribution in [-0.4, -0.2) is 56.6 Å². The van der Waals surface area contributed by atoms with Crippen LogP contribution in [0.4, 0.5) is 14.9 Å². The quantitative estimate of drug-likeness (QED) is 0.547. The van der Waals surface area contributed by atoms with Crippen LogP contribution < -0.4 is 19.1 Å². The molecule has 2 amide bonds. The molecule has 4 rings (SSSR count). The van der Waals surface area contributed by atoms with E-state index in [2.05, 4.69) is 5.32 Å². The molecule has 0 radical (unpaired) electrons. The summed E-state index contributed by atoms with van der Waals surface area (Å²) >= 11 is 0. The van der Waals surface area contributed by atoms with Crippen LogP contribution in [0.25, 0.3) is 0 Å². The van der Waals surface area contributed by atoms with E-state index in [1.807, 2.05) is 46.9 Å². The van der Waals surface area contributed by atoms with E-state index in [0.29, 0.717) is 30.6 Å². The molecule has 0 spiro atoms. The van der Waals surface area contributed by atoms with Crippen molar-refractivity contribution in [3.63, 3.8) is 0 Å². The lowest BCUT2D eigenvalue weighted by atomic mass is 9.97. The second kappa shape index (κ2) is 10.8. The van der Waals surface area contributed by atoms with E-state index >= 15 is 4.39 Å². The van der Waals surface area contributed by atoms with Crippen LogP contribution in [0.2, 0.25) is 0 Å². The molecule has 206 valence electrons. The highest BCUT2D eigenvalue weighted by Gasteiger charge is 2.39. The first kappa shape index (κ1) is 27.6. The van der Waals surface area contributed by atoms with Gasteiger partial charge in [-0.05, 0) is 51.3 Å². The van der Waals surface area contributed by atoms with Gasteiger partial charge in [-0.1, -0.05) is 30.3 Å². The molecule has 2 N–H and O–H groups in total. The van der Waals surface area contributed by atoms with Crippen LogP contribution in [-0.2, 0) is 39.3 Å². The number of anilines is 1. The van der Waals surface area contributed by atoms with E-state index in [-0.39, 0.29) is 30.6 Å². The van der Waals surface area contributed by atoms with Gasteiger partial charge in [0.25, 0.3) is 5.91 Å². The van der Waals surface area contributed by atoms with E-state index in [1.54, 1.807) is 26.8 Å². The first-order valence-electron chi connectivity index (χ1n) is 12.4. The smallest absolute Gasteiger partial charge is 0.407 e. The molecule has 1 atom stereocenters. The van der Waals surface area contributed by atoms with Gasteiger partial charge in [0.2, 0.25) is 0 Å². The first-order valence-corrected chi connectivity index (χ1v) is 13.8. The van der Waals surface area contributed by atoms with Crippen LogP contribution >= 0.6 is 0 Å². The molecule has 2 aliphatic heterocycles. The zero-order valence-corrected chi connectivity index (χ0v) is 22.7. The molecule has 0 unspecified atom stereocenters. The number of nitrogens with zero attached hydrogens (tertiary/aromatic N) is 2. The van der Waals surface area contributed by atoms with Gasteiger partial charge < -0.3 is 14.8 Å². The largest absolute Gasteiger partial charge is 0.487 e. The Morgan fingerprint density at radius 2 is 1.92 bits per heavy atom. The minimum Gasteiger partial charge on any atom is -0.487 e. The fourth-order valence-electron chi connectivity index (χ4n) is 4.50. The monoisotopic (exact) mass is 548 g/mol. The first-order chi connectivity index (χ1) is 17.8. The highest BCUT2D eigenvalue weighted by Crippen LogP contribution is 2.40. The maximum absolute atomic E-state index is 16.1. The van der Waals surface area contributed by atoms with E-state index in [9.17, 15) is 18.0 Å². The lowest BCUT2D eigenvalue weighted by molar-refractivity contribution is -0.117. The second-order valence-electron chi connectivity index (χ2n) is 10.5. The molecule has 38 heavy (non-hydrogen) atoms. The summed E-state index contributed by atoms with van der Waals surface area (Å²) in [5.74, 6) is -1.44. The van der Waals surface area contributed by atoms with E-state index < -0.39 is 40.2 Å². The van der Waals surface area contributed by atoms with Crippen molar-refractivity contribution in [2.24, 2.45) is 0 Å². The number of hydrogen-bond donors (Lipinski definition) is 2. The molecular formula is C26H33FN4O6S. The molecule has 2 aromatic carbocycles. The molecule has 0 saturated carbocycles. The number of hydrogen-bond acceptors (Lipinski definition) is 7. The number of alkyl carbamates (subject to hydrolysis) is 1. The molecule has 12 heteroatoms. The Kier molecular flexibility index (Phi) is 7.84. The average molecular weight is 549 g/mol. The lowest BCUT2D eigenvalue weighted by Crippen LogP contribution is -2.45. The minimum atomic E-state index is -4.27. The summed E-state index contributed by atoms with van der Waals surface area (Å²) in [5, 5.41) is 2.79. The molecule has 0 aromatic heterocycles. The van der Waals surface area contributed by atoms with E-state index in [1.165, 1.54) is 0 Å². The molecule has 2 heterocycles. The number of ether oxygens (including phenoxy) is 2. The topological polar surface area (TPSA) is 117 Å². The van der Waals surface area contributed by atoms with Crippen molar-refractivity contribution < 1.29 is 31.9 Å². The fraction of sp³-hybridized carbons (Fsp3) is 0.462. The summed E-state index contributed by atoms with van der Waals surface area (Å²) in [7, 11) is -4.27. The van der Waals surface area contributed by atoms with Gasteiger partial charge in [-0.2, -0.15) is 8.42 Å². The van der Waals surface area contributed by atoms with Crippen molar-refractivity contribution in [1.82, 2.24) is 14.9 Å². The Bertz CT molecular complexity index is 1310. The molecule has 1 saturated heterocycles. The molecule has 10 nitrogen and oxygen atoms in total. The molecular weight excluding hydrogens is 515 g/mol. The van der Waals surface area contributed by atoms with Gasteiger partial charge in [-0.25, -0.2) is 18.2 Å². The maximum atomic E-state index is 16.1. The minimum absolute atomic E-state index is 0.0542. The number of benzene rings is 2. The highest BCUT2D eigenvalue weighted by atomic mass is 32.2. The van der Waals surface area contributed by atoms with Gasteiger partial charge in [0.15, 0.2) is 5.82 Å². The van der Waals surface area contributed by atoms with Gasteiger partial charge in [0, 0.05) is 31.2 Å². The Balaban J connectivity index is 1.58. The number of rotatable bonds is 7. The van der Waals surface area contributed by atoms with Crippen LogP contribution in [0.1, 0.15) is 44.4 Å². The summed E-state index contributed by atoms with van der Waals surface area (Å²) in [6, 6.07) is 10.6. The van der Waals surface area contributed by atoms with Crippen molar-refractivity contribution in [3.8, 4) is 5.75 Å². The summed E-state index contributed by atoms with van der Waals surface area (Å²) in [4.78, 5) is 26.0. The van der Waals surface area contributed by atoms with Gasteiger partial charge >= 0.3 is 16.3 Å². The van der Waals surface area contributed by atoms with Gasteiger partial charge in [-0.3, -0.25) is 9.69 Å². The molecule has 2 aromatic rings. The molecule has 2 aliphatic rings. The fourth-order valence-corrected chi connectivity index (χ4v) is 5.66. The Morgan fingerprint density at radius 1 is 1.21 bits per heavy atom. The average Bonchev–Trinajstić information content (AvgIpc) is 3.08. The number of carbonyl (C=O) groups excluding carboxylic acids is 2. The van der Waals surface area contributed by atoms with Crippen molar-refractivity contribution in [1.29, 1.82) is 0 Å². The van der Waals surface area contributed by atoms with Crippen LogP contribution in [0.15, 0.2) is 36.4 Å². The number of fused-ring (bicyclic) bond motifs is 1.